The molecule has 84 valence electrons. The second-order valence-corrected chi connectivity index (χ2v) is 4.39. The maximum absolute atomic E-state index is 6.04. The van der Waals surface area contributed by atoms with Gasteiger partial charge in [0.2, 0.25) is 0 Å². The second-order valence-electron chi connectivity index (χ2n) is 4.00. The van der Waals surface area contributed by atoms with E-state index in [2.05, 4.69) is 10.1 Å². The highest BCUT2D eigenvalue weighted by Gasteiger charge is 2.20. The second kappa shape index (κ2) is 4.03. The minimum Gasteiger partial charge on any atom is -0.381 e. The molecule has 1 aliphatic rings. The first-order valence-corrected chi connectivity index (χ1v) is 5.81. The number of hydrogen-bond donors (Lipinski definition) is 0. The van der Waals surface area contributed by atoms with E-state index in [0.717, 1.165) is 30.9 Å². The van der Waals surface area contributed by atoms with Crippen LogP contribution in [0.5, 0.6) is 0 Å². The first-order valence-electron chi connectivity index (χ1n) is 5.43. The van der Waals surface area contributed by atoms with Crippen LogP contribution in [-0.4, -0.2) is 27.8 Å². The molecule has 2 aromatic heterocycles. The van der Waals surface area contributed by atoms with Crippen LogP contribution in [0.3, 0.4) is 0 Å². The third kappa shape index (κ3) is 1.68. The Morgan fingerprint density at radius 3 is 3.12 bits per heavy atom. The summed E-state index contributed by atoms with van der Waals surface area (Å²) in [6.45, 7) is 1.57. The van der Waals surface area contributed by atoms with Crippen molar-refractivity contribution in [3.05, 3.63) is 29.2 Å². The Kier molecular flexibility index (Phi) is 2.53. The molecule has 3 rings (SSSR count). The van der Waals surface area contributed by atoms with E-state index in [1.54, 1.807) is 4.52 Å². The molecule has 0 saturated carbocycles. The van der Waals surface area contributed by atoms with Gasteiger partial charge in [-0.05, 0) is 25.0 Å². The van der Waals surface area contributed by atoms with Crippen LogP contribution in [0.15, 0.2) is 18.2 Å². The normalized spacial score (nSPS) is 21.4. The zero-order valence-electron chi connectivity index (χ0n) is 8.77. The molecule has 0 amide bonds. The van der Waals surface area contributed by atoms with Crippen LogP contribution >= 0.6 is 11.6 Å². The van der Waals surface area contributed by atoms with Crippen molar-refractivity contribution in [3.63, 3.8) is 0 Å². The highest BCUT2D eigenvalue weighted by Crippen LogP contribution is 2.23. The van der Waals surface area contributed by atoms with Crippen molar-refractivity contribution in [1.29, 1.82) is 0 Å². The summed E-state index contributed by atoms with van der Waals surface area (Å²) in [6, 6.07) is 5.60. The maximum atomic E-state index is 6.04. The number of halogens is 1. The largest absolute Gasteiger partial charge is 0.381 e. The molecule has 1 aliphatic heterocycles. The van der Waals surface area contributed by atoms with Crippen LogP contribution in [0, 0.1) is 0 Å². The lowest BCUT2D eigenvalue weighted by Crippen LogP contribution is -2.16. The van der Waals surface area contributed by atoms with Crippen LogP contribution in [0.1, 0.15) is 24.6 Å². The van der Waals surface area contributed by atoms with Gasteiger partial charge in [-0.2, -0.15) is 0 Å². The van der Waals surface area contributed by atoms with Gasteiger partial charge in [0, 0.05) is 12.5 Å². The number of fused-ring (bicyclic) bond motifs is 1. The summed E-state index contributed by atoms with van der Waals surface area (Å²) in [5.41, 5.74) is 0.799. The predicted octanol–water partition coefficient (Wildman–Crippen LogP) is 2.28. The summed E-state index contributed by atoms with van der Waals surface area (Å²) in [4.78, 5) is 4.48. The van der Waals surface area contributed by atoms with Crippen molar-refractivity contribution >= 4 is 17.2 Å². The van der Waals surface area contributed by atoms with Gasteiger partial charge in [-0.15, -0.1) is 5.10 Å². The number of aromatic nitrogens is 3. The van der Waals surface area contributed by atoms with Crippen molar-refractivity contribution in [3.8, 4) is 0 Å². The van der Waals surface area contributed by atoms with Gasteiger partial charge >= 0.3 is 0 Å². The SMILES string of the molecule is Clc1cccc2nc(C3CCCOC3)nn12. The zero-order valence-corrected chi connectivity index (χ0v) is 9.52. The molecule has 0 aromatic carbocycles. The van der Waals surface area contributed by atoms with Crippen molar-refractivity contribution < 1.29 is 4.74 Å². The van der Waals surface area contributed by atoms with Gasteiger partial charge in [0.15, 0.2) is 11.5 Å². The Labute approximate surface area is 98.2 Å². The topological polar surface area (TPSA) is 39.4 Å². The van der Waals surface area contributed by atoms with E-state index >= 15 is 0 Å². The van der Waals surface area contributed by atoms with Crippen LogP contribution in [0.25, 0.3) is 5.65 Å². The van der Waals surface area contributed by atoms with E-state index in [0.29, 0.717) is 17.7 Å². The summed E-state index contributed by atoms with van der Waals surface area (Å²) in [7, 11) is 0. The molecular formula is C11H12ClN3O. The molecule has 2 aromatic rings. The van der Waals surface area contributed by atoms with Gasteiger partial charge in [-0.25, -0.2) is 9.50 Å². The quantitative estimate of drug-likeness (QED) is 0.715. The average Bonchev–Trinajstić information content (AvgIpc) is 2.76. The molecule has 16 heavy (non-hydrogen) atoms. The molecule has 0 aliphatic carbocycles. The Morgan fingerprint density at radius 2 is 2.38 bits per heavy atom. The molecule has 1 atom stereocenters. The van der Waals surface area contributed by atoms with E-state index in [4.69, 9.17) is 16.3 Å². The van der Waals surface area contributed by atoms with Gasteiger partial charge < -0.3 is 4.74 Å². The van der Waals surface area contributed by atoms with E-state index in [1.165, 1.54) is 0 Å². The van der Waals surface area contributed by atoms with Gasteiger partial charge in [-0.3, -0.25) is 0 Å². The van der Waals surface area contributed by atoms with Crippen LogP contribution in [0.4, 0.5) is 0 Å². The van der Waals surface area contributed by atoms with Crippen molar-refractivity contribution in [1.82, 2.24) is 14.6 Å². The number of rotatable bonds is 1. The first-order chi connectivity index (χ1) is 7.84. The van der Waals surface area contributed by atoms with E-state index in [-0.39, 0.29) is 0 Å². The summed E-state index contributed by atoms with van der Waals surface area (Å²) < 4.78 is 7.11. The molecule has 0 N–H and O–H groups in total. The summed E-state index contributed by atoms with van der Waals surface area (Å²) >= 11 is 6.04. The van der Waals surface area contributed by atoms with Crippen LogP contribution in [-0.2, 0) is 4.74 Å². The smallest absolute Gasteiger partial charge is 0.157 e. The van der Waals surface area contributed by atoms with Crippen molar-refractivity contribution in [2.75, 3.05) is 13.2 Å². The molecule has 1 fully saturated rings. The van der Waals surface area contributed by atoms with E-state index < -0.39 is 0 Å². The Morgan fingerprint density at radius 1 is 1.44 bits per heavy atom. The summed E-state index contributed by atoms with van der Waals surface area (Å²) in [5, 5.41) is 5.02. The van der Waals surface area contributed by atoms with Gasteiger partial charge in [-0.1, -0.05) is 17.7 Å². The number of hydrogen-bond acceptors (Lipinski definition) is 3. The fraction of sp³-hybridized carbons (Fsp3) is 0.455. The standard InChI is InChI=1S/C11H12ClN3O/c12-9-4-1-5-10-13-11(14-15(9)10)8-3-2-6-16-7-8/h1,4-5,8H,2-3,6-7H2. The minimum atomic E-state index is 0.310. The molecular weight excluding hydrogens is 226 g/mol. The maximum Gasteiger partial charge on any atom is 0.157 e. The molecule has 0 radical (unpaired) electrons. The fourth-order valence-corrected chi connectivity index (χ4v) is 2.20. The van der Waals surface area contributed by atoms with Crippen molar-refractivity contribution in [2.45, 2.75) is 18.8 Å². The average molecular weight is 238 g/mol. The number of pyridine rings is 1. The molecule has 1 saturated heterocycles. The van der Waals surface area contributed by atoms with Gasteiger partial charge in [0.1, 0.15) is 5.15 Å². The van der Waals surface area contributed by atoms with E-state index in [1.807, 2.05) is 18.2 Å². The zero-order chi connectivity index (χ0) is 11.0. The van der Waals surface area contributed by atoms with Gasteiger partial charge in [0.25, 0.3) is 0 Å². The Hall–Kier alpha value is -1.13. The number of nitrogens with zero attached hydrogens (tertiary/aromatic N) is 3. The Bertz CT molecular complexity index is 505. The molecule has 5 heteroatoms. The summed E-state index contributed by atoms with van der Waals surface area (Å²) in [5.74, 6) is 1.15. The minimum absolute atomic E-state index is 0.310. The first kappa shape index (κ1) is 10.1. The lowest BCUT2D eigenvalue weighted by atomic mass is 10.0. The monoisotopic (exact) mass is 237 g/mol. The summed E-state index contributed by atoms with van der Waals surface area (Å²) in [6.07, 6.45) is 2.17. The molecule has 1 unspecified atom stereocenters. The predicted molar refractivity (Wildman–Crippen MR) is 60.8 cm³/mol. The Balaban J connectivity index is 2.01. The lowest BCUT2D eigenvalue weighted by molar-refractivity contribution is 0.0781. The highest BCUT2D eigenvalue weighted by atomic mass is 35.5. The molecule has 0 bridgehead atoms. The van der Waals surface area contributed by atoms with Crippen molar-refractivity contribution in [2.24, 2.45) is 0 Å². The number of ether oxygens (including phenoxy) is 1. The highest BCUT2D eigenvalue weighted by molar-refractivity contribution is 6.29. The fourth-order valence-electron chi connectivity index (χ4n) is 2.01. The van der Waals surface area contributed by atoms with E-state index in [9.17, 15) is 0 Å². The molecule has 4 nitrogen and oxygen atoms in total. The lowest BCUT2D eigenvalue weighted by Gasteiger charge is -2.18. The third-order valence-corrected chi connectivity index (χ3v) is 3.14. The van der Waals surface area contributed by atoms with Crippen LogP contribution in [0.2, 0.25) is 5.15 Å². The molecule has 0 spiro atoms. The third-order valence-electron chi connectivity index (χ3n) is 2.86. The van der Waals surface area contributed by atoms with Gasteiger partial charge in [0.05, 0.1) is 6.61 Å². The van der Waals surface area contributed by atoms with Crippen LogP contribution < -0.4 is 0 Å². The molecule has 3 heterocycles.